The Labute approximate surface area is 90.2 Å². The minimum absolute atomic E-state index is 0.204. The van der Waals surface area contributed by atoms with Crippen LogP contribution in [0, 0.1) is 5.82 Å². The summed E-state index contributed by atoms with van der Waals surface area (Å²) >= 11 is 5.03. The first-order chi connectivity index (χ1) is 6.24. The Bertz CT molecular complexity index is 280. The van der Waals surface area contributed by atoms with Crippen LogP contribution in [0.15, 0.2) is 22.7 Å². The van der Waals surface area contributed by atoms with Gasteiger partial charge in [-0.05, 0) is 24.5 Å². The fraction of sp³-hybridized carbons (Fsp3) is 0.333. The zero-order valence-corrected chi connectivity index (χ0v) is 9.71. The van der Waals surface area contributed by atoms with Crippen LogP contribution in [-0.2, 0) is 0 Å². The van der Waals surface area contributed by atoms with E-state index in [1.807, 2.05) is 6.26 Å². The Balaban J connectivity index is 2.59. The van der Waals surface area contributed by atoms with Crippen molar-refractivity contribution in [1.82, 2.24) is 0 Å². The van der Waals surface area contributed by atoms with Gasteiger partial charge in [-0.3, -0.25) is 0 Å². The largest absolute Gasteiger partial charge is 0.382 e. The minimum atomic E-state index is -0.204. The number of halogens is 2. The maximum atomic E-state index is 13.1. The summed E-state index contributed by atoms with van der Waals surface area (Å²) in [6, 6.07) is 4.89. The smallest absolute Gasteiger partial charge is 0.146 e. The maximum Gasteiger partial charge on any atom is 0.146 e. The van der Waals surface area contributed by atoms with E-state index < -0.39 is 0 Å². The monoisotopic (exact) mass is 263 g/mol. The van der Waals surface area contributed by atoms with Gasteiger partial charge in [-0.25, -0.2) is 4.39 Å². The fourth-order valence-corrected chi connectivity index (χ4v) is 1.59. The summed E-state index contributed by atoms with van der Waals surface area (Å²) in [7, 11) is 0. The Kier molecular flexibility index (Phi) is 4.59. The van der Waals surface area contributed by atoms with Gasteiger partial charge in [0.2, 0.25) is 0 Å². The first-order valence-corrected chi connectivity index (χ1v) is 6.10. The van der Waals surface area contributed by atoms with Gasteiger partial charge in [0.1, 0.15) is 5.82 Å². The molecular formula is C9H11BrFNS. The van der Waals surface area contributed by atoms with Gasteiger partial charge in [-0.15, -0.1) is 0 Å². The van der Waals surface area contributed by atoms with Crippen molar-refractivity contribution in [2.24, 2.45) is 0 Å². The van der Waals surface area contributed by atoms with Crippen LogP contribution < -0.4 is 5.32 Å². The molecule has 13 heavy (non-hydrogen) atoms. The molecule has 0 heterocycles. The molecule has 0 aliphatic carbocycles. The Hall–Kier alpha value is -0.220. The Morgan fingerprint density at radius 2 is 2.31 bits per heavy atom. The van der Waals surface area contributed by atoms with E-state index in [1.54, 1.807) is 23.9 Å². The molecule has 1 rings (SSSR count). The van der Waals surface area contributed by atoms with Gasteiger partial charge in [0, 0.05) is 16.8 Å². The van der Waals surface area contributed by atoms with E-state index in [-0.39, 0.29) is 5.82 Å². The first-order valence-electron chi connectivity index (χ1n) is 3.92. The molecule has 1 N–H and O–H groups in total. The predicted molar refractivity (Wildman–Crippen MR) is 61.0 cm³/mol. The van der Waals surface area contributed by atoms with Crippen LogP contribution in [0.25, 0.3) is 0 Å². The Morgan fingerprint density at radius 3 is 3.00 bits per heavy atom. The molecule has 1 nitrogen and oxygen atoms in total. The molecule has 72 valence electrons. The van der Waals surface area contributed by atoms with Gasteiger partial charge in [0.25, 0.3) is 0 Å². The highest BCUT2D eigenvalue weighted by Gasteiger charge is 2.00. The molecule has 0 saturated heterocycles. The highest BCUT2D eigenvalue weighted by Crippen LogP contribution is 2.19. The molecule has 0 spiro atoms. The zero-order chi connectivity index (χ0) is 9.68. The number of nitrogens with one attached hydrogen (secondary N) is 1. The maximum absolute atomic E-state index is 13.1. The molecule has 0 unspecified atom stereocenters. The second-order valence-electron chi connectivity index (χ2n) is 2.54. The quantitative estimate of drug-likeness (QED) is 0.837. The van der Waals surface area contributed by atoms with Crippen LogP contribution in [-0.4, -0.2) is 18.6 Å². The van der Waals surface area contributed by atoms with E-state index in [1.165, 1.54) is 6.07 Å². The van der Waals surface area contributed by atoms with Gasteiger partial charge in [-0.1, -0.05) is 15.9 Å². The topological polar surface area (TPSA) is 12.0 Å². The number of hydrogen-bond donors (Lipinski definition) is 1. The third kappa shape index (κ3) is 3.56. The molecule has 0 fully saturated rings. The Morgan fingerprint density at radius 1 is 1.54 bits per heavy atom. The van der Waals surface area contributed by atoms with E-state index in [9.17, 15) is 4.39 Å². The molecule has 0 bridgehead atoms. The summed E-state index contributed by atoms with van der Waals surface area (Å²) in [5.74, 6) is 0.774. The molecule has 0 aliphatic rings. The molecule has 0 aliphatic heterocycles. The van der Waals surface area contributed by atoms with Gasteiger partial charge < -0.3 is 5.32 Å². The van der Waals surface area contributed by atoms with Gasteiger partial charge >= 0.3 is 0 Å². The molecule has 0 radical (unpaired) electrons. The minimum Gasteiger partial charge on any atom is -0.382 e. The van der Waals surface area contributed by atoms with E-state index in [4.69, 9.17) is 0 Å². The second-order valence-corrected chi connectivity index (χ2v) is 4.45. The van der Waals surface area contributed by atoms with Crippen molar-refractivity contribution in [1.29, 1.82) is 0 Å². The SMILES string of the molecule is CSCCNc1cc(Br)ccc1F. The molecule has 1 aromatic rings. The summed E-state index contributed by atoms with van der Waals surface area (Å²) < 4.78 is 14.0. The third-order valence-electron chi connectivity index (χ3n) is 1.55. The van der Waals surface area contributed by atoms with Gasteiger partial charge in [-0.2, -0.15) is 11.8 Å². The average Bonchev–Trinajstić information content (AvgIpc) is 2.11. The molecule has 0 aromatic heterocycles. The molecular weight excluding hydrogens is 253 g/mol. The lowest BCUT2D eigenvalue weighted by molar-refractivity contribution is 0.630. The number of thioether (sulfide) groups is 1. The molecule has 0 amide bonds. The van der Waals surface area contributed by atoms with Crippen LogP contribution in [0.1, 0.15) is 0 Å². The lowest BCUT2D eigenvalue weighted by Gasteiger charge is -2.06. The van der Waals surface area contributed by atoms with Crippen molar-refractivity contribution >= 4 is 33.4 Å². The average molecular weight is 264 g/mol. The van der Waals surface area contributed by atoms with Crippen LogP contribution >= 0.6 is 27.7 Å². The van der Waals surface area contributed by atoms with Crippen LogP contribution in [0.4, 0.5) is 10.1 Å². The molecule has 0 atom stereocenters. The highest BCUT2D eigenvalue weighted by atomic mass is 79.9. The van der Waals surface area contributed by atoms with Crippen molar-refractivity contribution in [2.75, 3.05) is 23.9 Å². The van der Waals surface area contributed by atoms with Crippen LogP contribution in [0.2, 0.25) is 0 Å². The van der Waals surface area contributed by atoms with E-state index in [2.05, 4.69) is 21.2 Å². The number of anilines is 1. The summed E-state index contributed by atoms with van der Waals surface area (Å²) in [4.78, 5) is 0. The second kappa shape index (κ2) is 5.50. The zero-order valence-electron chi connectivity index (χ0n) is 7.31. The third-order valence-corrected chi connectivity index (χ3v) is 2.66. The standard InChI is InChI=1S/C9H11BrFNS/c1-13-5-4-12-9-6-7(10)2-3-8(9)11/h2-3,6,12H,4-5H2,1H3. The van der Waals surface area contributed by atoms with Crippen molar-refractivity contribution < 1.29 is 4.39 Å². The van der Waals surface area contributed by atoms with E-state index in [0.717, 1.165) is 16.8 Å². The van der Waals surface area contributed by atoms with Crippen molar-refractivity contribution in [3.05, 3.63) is 28.5 Å². The first kappa shape index (κ1) is 10.9. The van der Waals surface area contributed by atoms with Crippen LogP contribution in [0.3, 0.4) is 0 Å². The highest BCUT2D eigenvalue weighted by molar-refractivity contribution is 9.10. The van der Waals surface area contributed by atoms with Crippen molar-refractivity contribution in [3.63, 3.8) is 0 Å². The summed E-state index contributed by atoms with van der Waals surface area (Å²) in [6.07, 6.45) is 2.03. The fourth-order valence-electron chi connectivity index (χ4n) is 0.921. The van der Waals surface area contributed by atoms with Crippen molar-refractivity contribution in [3.8, 4) is 0 Å². The summed E-state index contributed by atoms with van der Waals surface area (Å²) in [5.41, 5.74) is 0.559. The van der Waals surface area contributed by atoms with Gasteiger partial charge in [0.15, 0.2) is 0 Å². The van der Waals surface area contributed by atoms with Crippen LogP contribution in [0.5, 0.6) is 0 Å². The number of benzene rings is 1. The van der Waals surface area contributed by atoms with E-state index >= 15 is 0 Å². The van der Waals surface area contributed by atoms with E-state index in [0.29, 0.717) is 5.69 Å². The normalized spacial score (nSPS) is 10.1. The summed E-state index contributed by atoms with van der Waals surface area (Å²) in [5, 5.41) is 3.03. The lowest BCUT2D eigenvalue weighted by Crippen LogP contribution is -2.05. The molecule has 4 heteroatoms. The summed E-state index contributed by atoms with van der Waals surface area (Å²) in [6.45, 7) is 0.786. The lowest BCUT2D eigenvalue weighted by atomic mass is 10.3. The number of rotatable bonds is 4. The number of hydrogen-bond acceptors (Lipinski definition) is 2. The molecule has 0 saturated carbocycles. The molecule has 1 aromatic carbocycles. The van der Waals surface area contributed by atoms with Gasteiger partial charge in [0.05, 0.1) is 5.69 Å². The van der Waals surface area contributed by atoms with Crippen molar-refractivity contribution in [2.45, 2.75) is 0 Å². The predicted octanol–water partition coefficient (Wildman–Crippen LogP) is 3.36.